The number of aromatic nitrogens is 1. The first kappa shape index (κ1) is 17.0. The van der Waals surface area contributed by atoms with E-state index in [1.54, 1.807) is 11.8 Å². The molecule has 0 radical (unpaired) electrons. The molecule has 1 aromatic heterocycles. The highest BCUT2D eigenvalue weighted by molar-refractivity contribution is 7.98. The van der Waals surface area contributed by atoms with E-state index in [2.05, 4.69) is 29.2 Å². The number of hydrogen-bond donors (Lipinski definition) is 2. The second-order valence-corrected chi connectivity index (χ2v) is 7.46. The molecule has 0 bridgehead atoms. The summed E-state index contributed by atoms with van der Waals surface area (Å²) >= 11 is 2.89. The Hall–Kier alpha value is -1.82. The van der Waals surface area contributed by atoms with Gasteiger partial charge in [-0.05, 0) is 17.5 Å². The summed E-state index contributed by atoms with van der Waals surface area (Å²) in [5.74, 6) is 0.847. The van der Waals surface area contributed by atoms with Gasteiger partial charge in [0.2, 0.25) is 0 Å². The Kier molecular flexibility index (Phi) is 5.91. The van der Waals surface area contributed by atoms with Crippen LogP contribution in [0.15, 0.2) is 70.5 Å². The average Bonchev–Trinajstić information content (AvgIpc) is 3.00. The first-order valence-corrected chi connectivity index (χ1v) is 9.63. The summed E-state index contributed by atoms with van der Waals surface area (Å²) in [6, 6.07) is 20.3. The number of aliphatic hydroxyl groups is 1. The zero-order valence-electron chi connectivity index (χ0n) is 13.1. The van der Waals surface area contributed by atoms with E-state index in [4.69, 9.17) is 0 Å². The topological polar surface area (TPSA) is 53.1 Å². The maximum atomic E-state index is 11.9. The quantitative estimate of drug-likeness (QED) is 0.622. The maximum Gasteiger partial charge on any atom is 0.305 e. The molecule has 3 aromatic rings. The smallest absolute Gasteiger partial charge is 0.305 e. The minimum atomic E-state index is -0.0422. The van der Waals surface area contributed by atoms with E-state index < -0.39 is 0 Å². The van der Waals surface area contributed by atoms with Crippen molar-refractivity contribution in [1.82, 2.24) is 4.98 Å². The van der Waals surface area contributed by atoms with Crippen LogP contribution in [0.5, 0.6) is 0 Å². The van der Waals surface area contributed by atoms with Gasteiger partial charge in [-0.15, -0.1) is 11.8 Å². The summed E-state index contributed by atoms with van der Waals surface area (Å²) in [6.45, 7) is 0.0917. The Bertz CT molecular complexity index is 812. The number of hydrogen-bond acceptors (Lipinski definition) is 4. The van der Waals surface area contributed by atoms with Crippen molar-refractivity contribution in [2.45, 2.75) is 23.1 Å². The van der Waals surface area contributed by atoms with Crippen LogP contribution in [0.4, 0.5) is 0 Å². The van der Waals surface area contributed by atoms with Gasteiger partial charge in [-0.2, -0.15) is 0 Å². The molecule has 0 aliphatic carbocycles. The number of benzene rings is 2. The molecular formula is C19H19NO2S2. The van der Waals surface area contributed by atoms with Gasteiger partial charge in [0.25, 0.3) is 0 Å². The predicted molar refractivity (Wildman–Crippen MR) is 101 cm³/mol. The van der Waals surface area contributed by atoms with Crippen molar-refractivity contribution < 1.29 is 5.11 Å². The molecule has 0 spiro atoms. The summed E-state index contributed by atoms with van der Waals surface area (Å²) in [5, 5.41) is 10.4. The van der Waals surface area contributed by atoms with Gasteiger partial charge in [0.15, 0.2) is 0 Å². The van der Waals surface area contributed by atoms with E-state index in [-0.39, 0.29) is 17.4 Å². The summed E-state index contributed by atoms with van der Waals surface area (Å²) < 4.78 is 0. The van der Waals surface area contributed by atoms with Gasteiger partial charge in [-0.1, -0.05) is 72.0 Å². The Morgan fingerprint density at radius 3 is 2.38 bits per heavy atom. The molecule has 5 heteroatoms. The van der Waals surface area contributed by atoms with Gasteiger partial charge in [0, 0.05) is 23.2 Å². The Morgan fingerprint density at radius 1 is 1.04 bits per heavy atom. The minimum Gasteiger partial charge on any atom is -0.396 e. The maximum absolute atomic E-state index is 11.9. The summed E-state index contributed by atoms with van der Waals surface area (Å²) in [7, 11) is 0. The van der Waals surface area contributed by atoms with Crippen molar-refractivity contribution in [3.63, 3.8) is 0 Å². The highest BCUT2D eigenvalue weighted by Crippen LogP contribution is 2.36. The van der Waals surface area contributed by atoms with Gasteiger partial charge in [0.05, 0.1) is 5.03 Å². The zero-order chi connectivity index (χ0) is 16.8. The van der Waals surface area contributed by atoms with E-state index in [9.17, 15) is 9.90 Å². The fraction of sp³-hybridized carbons (Fsp3) is 0.211. The molecule has 2 N–H and O–H groups in total. The molecule has 124 valence electrons. The number of thioether (sulfide) groups is 1. The normalized spacial score (nSPS) is 12.2. The van der Waals surface area contributed by atoms with Crippen molar-refractivity contribution in [1.29, 1.82) is 0 Å². The molecule has 3 rings (SSSR count). The molecule has 0 amide bonds. The fourth-order valence-corrected chi connectivity index (χ4v) is 4.87. The van der Waals surface area contributed by atoms with Gasteiger partial charge in [0.1, 0.15) is 0 Å². The molecule has 0 aliphatic rings. The van der Waals surface area contributed by atoms with Gasteiger partial charge in [-0.25, -0.2) is 0 Å². The van der Waals surface area contributed by atoms with E-state index in [0.29, 0.717) is 6.42 Å². The molecule has 24 heavy (non-hydrogen) atoms. The lowest BCUT2D eigenvalue weighted by Crippen LogP contribution is -2.03. The van der Waals surface area contributed by atoms with Crippen LogP contribution in [0.3, 0.4) is 0 Å². The van der Waals surface area contributed by atoms with Crippen molar-refractivity contribution in [3.05, 3.63) is 86.3 Å². The third-order valence-electron chi connectivity index (χ3n) is 3.80. The van der Waals surface area contributed by atoms with Crippen molar-refractivity contribution in [2.75, 3.05) is 6.61 Å². The molecule has 1 heterocycles. The van der Waals surface area contributed by atoms with E-state index in [1.807, 2.05) is 36.4 Å². The lowest BCUT2D eigenvalue weighted by atomic mass is 9.95. The second-order valence-electron chi connectivity index (χ2n) is 5.46. The summed E-state index contributed by atoms with van der Waals surface area (Å²) in [4.78, 5) is 15.9. The first-order valence-electron chi connectivity index (χ1n) is 7.83. The first-order chi connectivity index (χ1) is 11.8. The average molecular weight is 358 g/mol. The van der Waals surface area contributed by atoms with E-state index in [0.717, 1.165) is 21.2 Å². The summed E-state index contributed by atoms with van der Waals surface area (Å²) in [5.41, 5.74) is 2.35. The number of thiazole rings is 1. The lowest BCUT2D eigenvalue weighted by Gasteiger charge is -2.16. The van der Waals surface area contributed by atoms with Crippen LogP contribution in [0.25, 0.3) is 0 Å². The number of nitrogens with one attached hydrogen (secondary N) is 1. The van der Waals surface area contributed by atoms with E-state index >= 15 is 0 Å². The number of aliphatic hydroxyl groups excluding tert-OH is 1. The van der Waals surface area contributed by atoms with Crippen LogP contribution in [-0.2, 0) is 5.75 Å². The van der Waals surface area contributed by atoms with Crippen LogP contribution in [-0.4, -0.2) is 16.7 Å². The fourth-order valence-electron chi connectivity index (χ4n) is 2.66. The third-order valence-corrected chi connectivity index (χ3v) is 6.02. The minimum absolute atomic E-state index is 0.0402. The van der Waals surface area contributed by atoms with Crippen LogP contribution in [0.2, 0.25) is 0 Å². The van der Waals surface area contributed by atoms with Crippen LogP contribution in [0, 0.1) is 0 Å². The van der Waals surface area contributed by atoms with Gasteiger partial charge in [-0.3, -0.25) is 4.79 Å². The lowest BCUT2D eigenvalue weighted by molar-refractivity contribution is 0.281. The molecule has 1 atom stereocenters. The van der Waals surface area contributed by atoms with Crippen LogP contribution in [0.1, 0.15) is 28.3 Å². The van der Waals surface area contributed by atoms with E-state index in [1.165, 1.54) is 16.9 Å². The molecule has 3 nitrogen and oxygen atoms in total. The van der Waals surface area contributed by atoms with Crippen molar-refractivity contribution in [3.8, 4) is 0 Å². The van der Waals surface area contributed by atoms with Gasteiger partial charge < -0.3 is 10.1 Å². The molecule has 0 unspecified atom stereocenters. The second kappa shape index (κ2) is 8.33. The highest BCUT2D eigenvalue weighted by Gasteiger charge is 2.21. The Labute approximate surface area is 149 Å². The molecular weight excluding hydrogens is 338 g/mol. The Balaban J connectivity index is 1.87. The van der Waals surface area contributed by atoms with Crippen LogP contribution < -0.4 is 4.87 Å². The number of rotatable bonds is 7. The number of H-pyrrole nitrogens is 1. The largest absolute Gasteiger partial charge is 0.396 e. The van der Waals surface area contributed by atoms with Crippen molar-refractivity contribution in [2.24, 2.45) is 0 Å². The molecule has 2 aromatic carbocycles. The monoisotopic (exact) mass is 357 g/mol. The molecule has 0 aliphatic heterocycles. The molecule has 0 fully saturated rings. The number of aromatic amines is 1. The molecule has 0 saturated heterocycles. The predicted octanol–water partition coefficient (Wildman–Crippen LogP) is 4.24. The SMILES string of the molecule is O=c1[nH]c(SCc2ccccc2)c([C@@H](CCO)c2ccccc2)s1. The zero-order valence-corrected chi connectivity index (χ0v) is 14.8. The molecule has 0 saturated carbocycles. The highest BCUT2D eigenvalue weighted by atomic mass is 32.2. The van der Waals surface area contributed by atoms with Crippen LogP contribution >= 0.6 is 23.1 Å². The summed E-state index contributed by atoms with van der Waals surface area (Å²) in [6.07, 6.45) is 0.608. The standard InChI is InChI=1S/C19H19NO2S2/c21-12-11-16(15-9-5-2-6-10-15)17-18(20-19(22)24-17)23-13-14-7-3-1-4-8-14/h1-10,16,21H,11-13H2,(H,20,22)/t16-/m0/s1. The van der Waals surface area contributed by atoms with Gasteiger partial charge >= 0.3 is 4.87 Å². The van der Waals surface area contributed by atoms with Crippen molar-refractivity contribution >= 4 is 23.1 Å². The third kappa shape index (κ3) is 4.17. The Morgan fingerprint density at radius 2 is 1.71 bits per heavy atom.